The largest absolute Gasteiger partial charge is 0.507 e. The van der Waals surface area contributed by atoms with Crippen molar-refractivity contribution < 1.29 is 19.4 Å². The Morgan fingerprint density at radius 2 is 2.10 bits per heavy atom. The van der Waals surface area contributed by atoms with Crippen molar-refractivity contribution in [3.8, 4) is 5.75 Å². The molecule has 0 radical (unpaired) electrons. The number of aromatic hydroxyl groups is 1. The monoisotopic (exact) mass is 287 g/mol. The summed E-state index contributed by atoms with van der Waals surface area (Å²) in [5.74, 6) is -0.0752. The number of benzene rings is 2. The Labute approximate surface area is 122 Å². The van der Waals surface area contributed by atoms with E-state index in [-0.39, 0.29) is 24.3 Å². The van der Waals surface area contributed by atoms with Gasteiger partial charge in [-0.3, -0.25) is 9.59 Å². The molecule has 0 atom stereocenters. The number of ether oxygens (including phenoxy) is 1. The normalized spacial score (nSPS) is 10.6. The van der Waals surface area contributed by atoms with Crippen LogP contribution in [0.4, 0.5) is 0 Å². The summed E-state index contributed by atoms with van der Waals surface area (Å²) in [7, 11) is 0. The Morgan fingerprint density at radius 3 is 2.76 bits per heavy atom. The van der Waals surface area contributed by atoms with Gasteiger partial charge in [0.05, 0.1) is 0 Å². The van der Waals surface area contributed by atoms with Crippen molar-refractivity contribution in [2.45, 2.75) is 26.5 Å². The van der Waals surface area contributed by atoms with Crippen LogP contribution >= 0.6 is 0 Å². The zero-order chi connectivity index (χ0) is 15.4. The van der Waals surface area contributed by atoms with Gasteiger partial charge < -0.3 is 15.2 Å². The molecule has 1 amide bonds. The summed E-state index contributed by atoms with van der Waals surface area (Å²) in [6.45, 7) is 4.21. The van der Waals surface area contributed by atoms with E-state index in [1.54, 1.807) is 30.3 Å². The first-order valence-corrected chi connectivity index (χ1v) is 6.63. The predicted molar refractivity (Wildman–Crippen MR) is 79.1 cm³/mol. The van der Waals surface area contributed by atoms with Gasteiger partial charge in [-0.2, -0.15) is 0 Å². The summed E-state index contributed by atoms with van der Waals surface area (Å²) in [5.41, 5.74) is 1.18. The molecule has 0 aliphatic rings. The summed E-state index contributed by atoms with van der Waals surface area (Å²) < 4.78 is 4.68. The lowest BCUT2D eigenvalue weighted by molar-refractivity contribution is -0.129. The van der Waals surface area contributed by atoms with E-state index in [2.05, 4.69) is 10.1 Å². The van der Waals surface area contributed by atoms with E-state index in [0.29, 0.717) is 23.0 Å². The van der Waals surface area contributed by atoms with Gasteiger partial charge in [0, 0.05) is 17.0 Å². The maximum atomic E-state index is 12.0. The van der Waals surface area contributed by atoms with Crippen molar-refractivity contribution in [1.29, 1.82) is 0 Å². The van der Waals surface area contributed by atoms with Crippen LogP contribution in [0.1, 0.15) is 29.8 Å². The summed E-state index contributed by atoms with van der Waals surface area (Å²) >= 11 is 0. The average molecular weight is 287 g/mol. The molecule has 2 aromatic carbocycles. The van der Waals surface area contributed by atoms with Crippen molar-refractivity contribution >= 4 is 23.2 Å². The van der Waals surface area contributed by atoms with E-state index in [0.717, 1.165) is 5.39 Å². The smallest absolute Gasteiger partial charge is 0.293 e. The molecule has 110 valence electrons. The number of fused-ring (bicyclic) bond motifs is 1. The standard InChI is InChI=1S/C16H17NO4/c1-10(2)17-16(20)12-3-4-14-13(7-12)5-11(6-15(14)19)8-21-9-18/h3-7,9-10,19H,8H2,1-2H3,(H,17,20). The van der Waals surface area contributed by atoms with E-state index in [1.165, 1.54) is 0 Å². The number of nitrogens with one attached hydrogen (secondary N) is 1. The fourth-order valence-electron chi connectivity index (χ4n) is 2.11. The Bertz CT molecular complexity index is 679. The lowest BCUT2D eigenvalue weighted by atomic mass is 10.0. The molecule has 0 bridgehead atoms. The van der Waals surface area contributed by atoms with Gasteiger partial charge in [-0.15, -0.1) is 0 Å². The molecule has 0 saturated carbocycles. The van der Waals surface area contributed by atoms with Crippen LogP contribution in [-0.2, 0) is 16.1 Å². The fourth-order valence-corrected chi connectivity index (χ4v) is 2.11. The summed E-state index contributed by atoms with van der Waals surface area (Å²) in [6, 6.07) is 8.45. The third-order valence-corrected chi connectivity index (χ3v) is 2.99. The van der Waals surface area contributed by atoms with Crippen LogP contribution in [0.5, 0.6) is 5.75 Å². The van der Waals surface area contributed by atoms with Crippen LogP contribution in [0, 0.1) is 0 Å². The molecule has 2 aromatic rings. The molecule has 0 aliphatic heterocycles. The second-order valence-corrected chi connectivity index (χ2v) is 5.09. The summed E-state index contributed by atoms with van der Waals surface area (Å²) in [5, 5.41) is 14.2. The van der Waals surface area contributed by atoms with Crippen molar-refractivity contribution in [3.63, 3.8) is 0 Å². The van der Waals surface area contributed by atoms with Crippen LogP contribution in [0.2, 0.25) is 0 Å². The number of rotatable bonds is 5. The quantitative estimate of drug-likeness (QED) is 0.828. The highest BCUT2D eigenvalue weighted by Crippen LogP contribution is 2.27. The molecule has 21 heavy (non-hydrogen) atoms. The number of hydrogen-bond acceptors (Lipinski definition) is 4. The summed E-state index contributed by atoms with van der Waals surface area (Å²) in [4.78, 5) is 22.2. The van der Waals surface area contributed by atoms with E-state index in [4.69, 9.17) is 0 Å². The van der Waals surface area contributed by atoms with Crippen molar-refractivity contribution in [2.75, 3.05) is 0 Å². The minimum Gasteiger partial charge on any atom is -0.507 e. The lowest BCUT2D eigenvalue weighted by Gasteiger charge is -2.10. The molecule has 5 heteroatoms. The van der Waals surface area contributed by atoms with Crippen LogP contribution in [-0.4, -0.2) is 23.5 Å². The minimum absolute atomic E-state index is 0.0499. The molecular formula is C16H17NO4. The third-order valence-electron chi connectivity index (χ3n) is 2.99. The molecule has 0 aromatic heterocycles. The third kappa shape index (κ3) is 3.51. The Hall–Kier alpha value is -2.56. The zero-order valence-electron chi connectivity index (χ0n) is 11.9. The number of hydrogen-bond donors (Lipinski definition) is 2. The van der Waals surface area contributed by atoms with Gasteiger partial charge in [0.1, 0.15) is 12.4 Å². The number of phenolic OH excluding ortho intramolecular Hbond substituents is 1. The van der Waals surface area contributed by atoms with Gasteiger partial charge in [0.25, 0.3) is 12.4 Å². The van der Waals surface area contributed by atoms with Crippen molar-refractivity contribution in [1.82, 2.24) is 5.32 Å². The first-order chi connectivity index (χ1) is 10.0. The minimum atomic E-state index is -0.166. The van der Waals surface area contributed by atoms with Gasteiger partial charge in [-0.25, -0.2) is 0 Å². The van der Waals surface area contributed by atoms with Crippen molar-refractivity contribution in [2.24, 2.45) is 0 Å². The molecule has 2 rings (SSSR count). The maximum Gasteiger partial charge on any atom is 0.293 e. The highest BCUT2D eigenvalue weighted by atomic mass is 16.5. The zero-order valence-corrected chi connectivity index (χ0v) is 11.9. The predicted octanol–water partition coefficient (Wildman–Crippen LogP) is 2.36. The SMILES string of the molecule is CC(C)NC(=O)c1ccc2c(O)cc(COC=O)cc2c1. The topological polar surface area (TPSA) is 75.6 Å². The number of phenols is 1. The average Bonchev–Trinajstić information content (AvgIpc) is 2.43. The second-order valence-electron chi connectivity index (χ2n) is 5.09. The Kier molecular flexibility index (Phi) is 4.42. The van der Waals surface area contributed by atoms with Gasteiger partial charge in [0.15, 0.2) is 0 Å². The molecule has 0 spiro atoms. The molecule has 0 unspecified atom stereocenters. The highest BCUT2D eigenvalue weighted by molar-refractivity contribution is 6.00. The maximum absolute atomic E-state index is 12.0. The van der Waals surface area contributed by atoms with Crippen LogP contribution in [0.3, 0.4) is 0 Å². The lowest BCUT2D eigenvalue weighted by Crippen LogP contribution is -2.29. The molecule has 2 N–H and O–H groups in total. The Balaban J connectivity index is 2.40. The van der Waals surface area contributed by atoms with E-state index in [9.17, 15) is 14.7 Å². The van der Waals surface area contributed by atoms with Gasteiger partial charge in [0.2, 0.25) is 0 Å². The van der Waals surface area contributed by atoms with Crippen LogP contribution in [0.15, 0.2) is 30.3 Å². The van der Waals surface area contributed by atoms with Crippen molar-refractivity contribution in [3.05, 3.63) is 41.5 Å². The van der Waals surface area contributed by atoms with E-state index < -0.39 is 0 Å². The molecule has 5 nitrogen and oxygen atoms in total. The highest BCUT2D eigenvalue weighted by Gasteiger charge is 2.10. The summed E-state index contributed by atoms with van der Waals surface area (Å²) in [6.07, 6.45) is 0. The second kappa shape index (κ2) is 6.26. The van der Waals surface area contributed by atoms with E-state index in [1.807, 2.05) is 13.8 Å². The first kappa shape index (κ1) is 14.8. The van der Waals surface area contributed by atoms with Crippen LogP contribution < -0.4 is 5.32 Å². The fraction of sp³-hybridized carbons (Fsp3) is 0.250. The number of carbonyl (C=O) groups excluding carboxylic acids is 2. The van der Waals surface area contributed by atoms with E-state index >= 15 is 0 Å². The molecule has 0 heterocycles. The van der Waals surface area contributed by atoms with Gasteiger partial charge in [-0.1, -0.05) is 0 Å². The van der Waals surface area contributed by atoms with Gasteiger partial charge >= 0.3 is 0 Å². The Morgan fingerprint density at radius 1 is 1.33 bits per heavy atom. The van der Waals surface area contributed by atoms with Crippen LogP contribution in [0.25, 0.3) is 10.8 Å². The first-order valence-electron chi connectivity index (χ1n) is 6.63. The molecule has 0 aliphatic carbocycles. The van der Waals surface area contributed by atoms with Gasteiger partial charge in [-0.05, 0) is 55.1 Å². The number of amides is 1. The molecule has 0 saturated heterocycles. The number of carbonyl (C=O) groups is 2. The molecule has 0 fully saturated rings. The molecular weight excluding hydrogens is 270 g/mol.